The minimum absolute atomic E-state index is 0.0855. The predicted octanol–water partition coefficient (Wildman–Crippen LogP) is 3.72. The highest BCUT2D eigenvalue weighted by molar-refractivity contribution is 14.1. The van der Waals surface area contributed by atoms with E-state index in [-0.39, 0.29) is 11.4 Å². The highest BCUT2D eigenvalue weighted by Gasteiger charge is 2.32. The van der Waals surface area contributed by atoms with Crippen molar-refractivity contribution in [2.45, 2.75) is 38.0 Å². The third-order valence-corrected chi connectivity index (χ3v) is 5.05. The van der Waals surface area contributed by atoms with Crippen LogP contribution in [-0.2, 0) is 5.41 Å². The van der Waals surface area contributed by atoms with E-state index in [1.807, 2.05) is 13.8 Å². The zero-order chi connectivity index (χ0) is 15.2. The average Bonchev–Trinajstić information content (AvgIpc) is 3.26. The fraction of sp³-hybridized carbons (Fsp3) is 0.375. The van der Waals surface area contributed by atoms with Crippen LogP contribution in [0.1, 0.15) is 49.7 Å². The second-order valence-electron chi connectivity index (χ2n) is 6.02. The van der Waals surface area contributed by atoms with Crippen LogP contribution < -0.4 is 5.56 Å². The van der Waals surface area contributed by atoms with Gasteiger partial charge in [0.05, 0.1) is 9.26 Å². The van der Waals surface area contributed by atoms with E-state index in [1.54, 1.807) is 12.1 Å². The van der Waals surface area contributed by atoms with Gasteiger partial charge in [0.25, 0.3) is 5.56 Å². The van der Waals surface area contributed by atoms with Crippen LogP contribution in [0.3, 0.4) is 0 Å². The molecular weight excluding hydrogens is 382 g/mol. The Bertz CT molecular complexity index is 733. The van der Waals surface area contributed by atoms with E-state index in [1.165, 1.54) is 12.1 Å². The molecule has 3 rings (SSSR count). The quantitative estimate of drug-likeness (QED) is 0.802. The van der Waals surface area contributed by atoms with Crippen molar-refractivity contribution in [3.05, 3.63) is 61.1 Å². The van der Waals surface area contributed by atoms with Crippen LogP contribution in [0.15, 0.2) is 29.1 Å². The summed E-state index contributed by atoms with van der Waals surface area (Å²) in [6.07, 6.45) is 2.20. The summed E-state index contributed by atoms with van der Waals surface area (Å²) < 4.78 is 13.8. The first-order chi connectivity index (χ1) is 9.89. The average molecular weight is 398 g/mol. The predicted molar refractivity (Wildman–Crippen MR) is 88.1 cm³/mol. The molecule has 0 bridgehead atoms. The lowest BCUT2D eigenvalue weighted by molar-refractivity contribution is 0.574. The van der Waals surface area contributed by atoms with E-state index < -0.39 is 5.41 Å². The molecular formula is C16H16FIN2O. The van der Waals surface area contributed by atoms with Crippen LogP contribution in [0.25, 0.3) is 0 Å². The molecule has 110 valence electrons. The maximum atomic E-state index is 13.1. The molecule has 5 heteroatoms. The molecule has 0 amide bonds. The van der Waals surface area contributed by atoms with Gasteiger partial charge in [-0.1, -0.05) is 12.1 Å². The van der Waals surface area contributed by atoms with E-state index in [0.717, 1.165) is 24.1 Å². The monoisotopic (exact) mass is 398 g/mol. The molecule has 2 aromatic rings. The van der Waals surface area contributed by atoms with Gasteiger partial charge in [0.2, 0.25) is 0 Å². The molecule has 1 aromatic carbocycles. The number of halogens is 2. The molecule has 0 unspecified atom stereocenters. The van der Waals surface area contributed by atoms with Crippen molar-refractivity contribution in [2.24, 2.45) is 0 Å². The van der Waals surface area contributed by atoms with Crippen molar-refractivity contribution >= 4 is 22.6 Å². The van der Waals surface area contributed by atoms with Crippen LogP contribution in [0.4, 0.5) is 4.39 Å². The fourth-order valence-corrected chi connectivity index (χ4v) is 3.10. The maximum Gasteiger partial charge on any atom is 0.264 e. The molecule has 1 N–H and O–H groups in total. The van der Waals surface area contributed by atoms with E-state index >= 15 is 0 Å². The molecule has 1 heterocycles. The number of benzene rings is 1. The molecule has 0 aliphatic heterocycles. The Kier molecular flexibility index (Phi) is 3.63. The molecule has 0 atom stereocenters. The first-order valence-electron chi connectivity index (χ1n) is 6.96. The number of H-pyrrole nitrogens is 1. The summed E-state index contributed by atoms with van der Waals surface area (Å²) in [6, 6.07) is 6.35. The number of nitrogens with one attached hydrogen (secondary N) is 1. The summed E-state index contributed by atoms with van der Waals surface area (Å²) in [5.41, 5.74) is 1.28. The van der Waals surface area contributed by atoms with Crippen LogP contribution >= 0.6 is 22.6 Å². The third kappa shape index (κ3) is 2.75. The fourth-order valence-electron chi connectivity index (χ4n) is 2.40. The smallest absolute Gasteiger partial charge is 0.264 e. The van der Waals surface area contributed by atoms with Gasteiger partial charge in [-0.3, -0.25) is 4.79 Å². The van der Waals surface area contributed by atoms with Gasteiger partial charge < -0.3 is 4.98 Å². The lowest BCUT2D eigenvalue weighted by Gasteiger charge is -2.25. The largest absolute Gasteiger partial charge is 0.309 e. The standard InChI is InChI=1S/C16H16FIN2O/c1-16(2,10-5-7-11(17)8-6-10)15-19-13(9-3-4-9)12(18)14(21)20-15/h5-9H,3-4H2,1-2H3,(H,19,20,21). The summed E-state index contributed by atoms with van der Waals surface area (Å²) in [5.74, 6) is 0.792. The molecule has 3 nitrogen and oxygen atoms in total. The zero-order valence-electron chi connectivity index (χ0n) is 11.9. The number of hydrogen-bond donors (Lipinski definition) is 1. The van der Waals surface area contributed by atoms with Crippen molar-refractivity contribution in [3.8, 4) is 0 Å². The Balaban J connectivity index is 2.10. The van der Waals surface area contributed by atoms with Gasteiger partial charge in [-0.05, 0) is 67.0 Å². The molecule has 0 spiro atoms. The third-order valence-electron chi connectivity index (χ3n) is 4.01. The van der Waals surface area contributed by atoms with Crippen LogP contribution in [0.5, 0.6) is 0 Å². The van der Waals surface area contributed by atoms with Gasteiger partial charge >= 0.3 is 0 Å². The summed E-state index contributed by atoms with van der Waals surface area (Å²) in [6.45, 7) is 3.98. The van der Waals surface area contributed by atoms with E-state index in [2.05, 4.69) is 27.6 Å². The van der Waals surface area contributed by atoms with Gasteiger partial charge in [-0.2, -0.15) is 0 Å². The van der Waals surface area contributed by atoms with Gasteiger partial charge in [0.1, 0.15) is 11.6 Å². The number of nitrogens with zero attached hydrogens (tertiary/aromatic N) is 1. The number of aromatic nitrogens is 2. The Labute approximate surface area is 136 Å². The van der Waals surface area contributed by atoms with E-state index in [9.17, 15) is 9.18 Å². The van der Waals surface area contributed by atoms with Crippen molar-refractivity contribution in [1.82, 2.24) is 9.97 Å². The SMILES string of the molecule is CC(C)(c1ccc(F)cc1)c1nc(C2CC2)c(I)c(=O)[nH]1. The zero-order valence-corrected chi connectivity index (χ0v) is 14.1. The Morgan fingerprint density at radius 1 is 1.29 bits per heavy atom. The molecule has 1 aliphatic carbocycles. The lowest BCUT2D eigenvalue weighted by atomic mass is 9.83. The normalized spacial score (nSPS) is 15.2. The van der Waals surface area contributed by atoms with Gasteiger partial charge in [-0.15, -0.1) is 0 Å². The van der Waals surface area contributed by atoms with Crippen LogP contribution in [-0.4, -0.2) is 9.97 Å². The Morgan fingerprint density at radius 2 is 1.90 bits per heavy atom. The molecule has 1 saturated carbocycles. The first-order valence-corrected chi connectivity index (χ1v) is 8.03. The summed E-state index contributed by atoms with van der Waals surface area (Å²) in [7, 11) is 0. The number of hydrogen-bond acceptors (Lipinski definition) is 2. The molecule has 1 aliphatic rings. The maximum absolute atomic E-state index is 13.1. The first kappa shape index (κ1) is 14.7. The summed E-state index contributed by atoms with van der Waals surface area (Å²) in [5, 5.41) is 0. The molecule has 0 radical (unpaired) electrons. The van der Waals surface area contributed by atoms with Crippen molar-refractivity contribution < 1.29 is 4.39 Å². The molecule has 1 fully saturated rings. The summed E-state index contributed by atoms with van der Waals surface area (Å²) >= 11 is 2.07. The number of aromatic amines is 1. The van der Waals surface area contributed by atoms with Crippen molar-refractivity contribution in [3.63, 3.8) is 0 Å². The van der Waals surface area contributed by atoms with Crippen LogP contribution in [0.2, 0.25) is 0 Å². The second-order valence-corrected chi connectivity index (χ2v) is 7.10. The van der Waals surface area contributed by atoms with Gasteiger partial charge in [0, 0.05) is 11.3 Å². The number of rotatable bonds is 3. The molecule has 21 heavy (non-hydrogen) atoms. The van der Waals surface area contributed by atoms with E-state index in [0.29, 0.717) is 15.3 Å². The van der Waals surface area contributed by atoms with E-state index in [4.69, 9.17) is 4.98 Å². The highest BCUT2D eigenvalue weighted by Crippen LogP contribution is 2.41. The minimum atomic E-state index is -0.471. The second kappa shape index (κ2) is 5.19. The lowest BCUT2D eigenvalue weighted by Crippen LogP contribution is -2.28. The van der Waals surface area contributed by atoms with Crippen molar-refractivity contribution in [2.75, 3.05) is 0 Å². The minimum Gasteiger partial charge on any atom is -0.309 e. The van der Waals surface area contributed by atoms with Crippen LogP contribution in [0, 0.1) is 9.39 Å². The highest BCUT2D eigenvalue weighted by atomic mass is 127. The van der Waals surface area contributed by atoms with Crippen molar-refractivity contribution in [1.29, 1.82) is 0 Å². The van der Waals surface area contributed by atoms with Gasteiger partial charge in [0.15, 0.2) is 0 Å². The molecule has 0 saturated heterocycles. The Morgan fingerprint density at radius 3 is 2.48 bits per heavy atom. The molecule has 1 aromatic heterocycles. The Hall–Kier alpha value is -1.24. The summed E-state index contributed by atoms with van der Waals surface area (Å²) in [4.78, 5) is 19.8. The van der Waals surface area contributed by atoms with Gasteiger partial charge in [-0.25, -0.2) is 9.37 Å². The topological polar surface area (TPSA) is 45.8 Å².